The third-order valence-corrected chi connectivity index (χ3v) is 4.97. The number of carboxylic acids is 1. The molecular weight excluding hydrogens is 363 g/mol. The van der Waals surface area contributed by atoms with Gasteiger partial charge in [0.25, 0.3) is 5.91 Å². The van der Waals surface area contributed by atoms with Gasteiger partial charge < -0.3 is 10.4 Å². The lowest BCUT2D eigenvalue weighted by Gasteiger charge is -2.14. The van der Waals surface area contributed by atoms with Gasteiger partial charge >= 0.3 is 12.1 Å². The summed E-state index contributed by atoms with van der Waals surface area (Å²) in [6.07, 6.45) is -1.09. The molecule has 1 fully saturated rings. The SMILES string of the molecule is CCC1(CNC(=O)c2ccc(-n3ncc(C(=O)O)c3C(F)(F)F)cc2)CC1. The van der Waals surface area contributed by atoms with E-state index in [0.717, 1.165) is 19.3 Å². The maximum absolute atomic E-state index is 13.3. The molecule has 0 aliphatic heterocycles. The Kier molecular flexibility index (Phi) is 4.71. The monoisotopic (exact) mass is 381 g/mol. The van der Waals surface area contributed by atoms with E-state index >= 15 is 0 Å². The van der Waals surface area contributed by atoms with Crippen LogP contribution in [0.3, 0.4) is 0 Å². The van der Waals surface area contributed by atoms with E-state index in [1.165, 1.54) is 24.3 Å². The second kappa shape index (κ2) is 6.71. The summed E-state index contributed by atoms with van der Waals surface area (Å²) in [5.74, 6) is -2.02. The van der Waals surface area contributed by atoms with Crippen molar-refractivity contribution in [2.75, 3.05) is 6.54 Å². The normalized spacial score (nSPS) is 15.4. The number of rotatable bonds is 6. The molecule has 1 aliphatic rings. The van der Waals surface area contributed by atoms with Crippen LogP contribution in [0.4, 0.5) is 13.2 Å². The molecular formula is C18H18F3N3O3. The Hall–Kier alpha value is -2.84. The van der Waals surface area contributed by atoms with E-state index in [4.69, 9.17) is 5.11 Å². The minimum atomic E-state index is -4.89. The van der Waals surface area contributed by atoms with E-state index in [0.29, 0.717) is 23.0 Å². The number of alkyl halides is 3. The zero-order valence-corrected chi connectivity index (χ0v) is 14.5. The van der Waals surface area contributed by atoms with Crippen molar-refractivity contribution in [2.24, 2.45) is 5.41 Å². The second-order valence-corrected chi connectivity index (χ2v) is 6.70. The van der Waals surface area contributed by atoms with E-state index in [1.807, 2.05) is 0 Å². The van der Waals surface area contributed by atoms with Gasteiger partial charge in [0.2, 0.25) is 0 Å². The first-order valence-electron chi connectivity index (χ1n) is 8.44. The lowest BCUT2D eigenvalue weighted by atomic mass is 10.0. The molecule has 2 aromatic rings. The summed E-state index contributed by atoms with van der Waals surface area (Å²) < 4.78 is 40.3. The molecule has 0 atom stereocenters. The topological polar surface area (TPSA) is 84.2 Å². The zero-order chi connectivity index (χ0) is 19.8. The molecule has 0 radical (unpaired) electrons. The maximum atomic E-state index is 13.3. The minimum Gasteiger partial charge on any atom is -0.478 e. The summed E-state index contributed by atoms with van der Waals surface area (Å²) in [5, 5.41) is 15.3. The van der Waals surface area contributed by atoms with Gasteiger partial charge in [-0.15, -0.1) is 0 Å². The molecule has 1 aromatic carbocycles. The highest BCUT2D eigenvalue weighted by molar-refractivity contribution is 5.94. The van der Waals surface area contributed by atoms with Crippen LogP contribution in [-0.2, 0) is 6.18 Å². The summed E-state index contributed by atoms with van der Waals surface area (Å²) in [4.78, 5) is 23.2. The number of halogens is 3. The number of aromatic carboxylic acids is 1. The van der Waals surface area contributed by atoms with E-state index in [1.54, 1.807) is 0 Å². The Balaban J connectivity index is 1.81. The average molecular weight is 381 g/mol. The smallest absolute Gasteiger partial charge is 0.434 e. The number of carbonyl (C=O) groups excluding carboxylic acids is 1. The van der Waals surface area contributed by atoms with Crippen LogP contribution in [0.2, 0.25) is 0 Å². The highest BCUT2D eigenvalue weighted by atomic mass is 19.4. The Morgan fingerprint density at radius 2 is 1.89 bits per heavy atom. The van der Waals surface area contributed by atoms with Gasteiger partial charge in [-0.3, -0.25) is 4.79 Å². The van der Waals surface area contributed by atoms with Gasteiger partial charge in [0.1, 0.15) is 5.56 Å². The number of aromatic nitrogens is 2. The molecule has 1 aromatic heterocycles. The molecule has 1 saturated carbocycles. The number of carboxylic acid groups (broad SMARTS) is 1. The fourth-order valence-corrected chi connectivity index (χ4v) is 2.93. The van der Waals surface area contributed by atoms with Gasteiger partial charge in [-0.1, -0.05) is 6.92 Å². The van der Waals surface area contributed by atoms with E-state index in [2.05, 4.69) is 17.3 Å². The number of hydrogen-bond acceptors (Lipinski definition) is 3. The summed E-state index contributed by atoms with van der Waals surface area (Å²) >= 11 is 0. The van der Waals surface area contributed by atoms with Gasteiger partial charge in [0.15, 0.2) is 5.69 Å². The molecule has 0 unspecified atom stereocenters. The van der Waals surface area contributed by atoms with Crippen LogP contribution in [0.1, 0.15) is 52.6 Å². The van der Waals surface area contributed by atoms with Crippen molar-refractivity contribution in [1.29, 1.82) is 0 Å². The maximum Gasteiger partial charge on any atom is 0.434 e. The number of carbonyl (C=O) groups is 2. The van der Waals surface area contributed by atoms with Crippen LogP contribution in [0.5, 0.6) is 0 Å². The first-order chi connectivity index (χ1) is 12.7. The molecule has 1 heterocycles. The molecule has 0 bridgehead atoms. The number of nitrogens with zero attached hydrogens (tertiary/aromatic N) is 2. The van der Waals surface area contributed by atoms with Gasteiger partial charge in [0, 0.05) is 12.1 Å². The fraction of sp³-hybridized carbons (Fsp3) is 0.389. The molecule has 1 aliphatic carbocycles. The Bertz CT molecular complexity index is 868. The van der Waals surface area contributed by atoms with Crippen LogP contribution < -0.4 is 5.32 Å². The largest absolute Gasteiger partial charge is 0.478 e. The number of nitrogens with one attached hydrogen (secondary N) is 1. The van der Waals surface area contributed by atoms with Crippen molar-refractivity contribution in [3.63, 3.8) is 0 Å². The zero-order valence-electron chi connectivity index (χ0n) is 14.5. The van der Waals surface area contributed by atoms with Crippen molar-refractivity contribution in [3.8, 4) is 5.69 Å². The van der Waals surface area contributed by atoms with Crippen LogP contribution in [-0.4, -0.2) is 33.3 Å². The molecule has 6 nitrogen and oxygen atoms in total. The molecule has 0 saturated heterocycles. The molecule has 2 N–H and O–H groups in total. The van der Waals surface area contributed by atoms with Crippen LogP contribution in [0.25, 0.3) is 5.69 Å². The van der Waals surface area contributed by atoms with Gasteiger partial charge in [-0.05, 0) is 48.9 Å². The molecule has 144 valence electrons. The van der Waals surface area contributed by atoms with Crippen LogP contribution >= 0.6 is 0 Å². The van der Waals surface area contributed by atoms with E-state index in [-0.39, 0.29) is 17.0 Å². The van der Waals surface area contributed by atoms with Crippen LogP contribution in [0.15, 0.2) is 30.5 Å². The summed E-state index contributed by atoms with van der Waals surface area (Å²) in [7, 11) is 0. The van der Waals surface area contributed by atoms with Crippen molar-refractivity contribution >= 4 is 11.9 Å². The second-order valence-electron chi connectivity index (χ2n) is 6.70. The highest BCUT2D eigenvalue weighted by Gasteiger charge is 2.41. The van der Waals surface area contributed by atoms with E-state index < -0.39 is 23.4 Å². The third-order valence-electron chi connectivity index (χ3n) is 4.97. The van der Waals surface area contributed by atoms with Gasteiger partial charge in [-0.25, -0.2) is 9.48 Å². The van der Waals surface area contributed by atoms with Crippen molar-refractivity contribution in [2.45, 2.75) is 32.4 Å². The molecule has 9 heteroatoms. The van der Waals surface area contributed by atoms with Crippen LogP contribution in [0, 0.1) is 5.41 Å². The fourth-order valence-electron chi connectivity index (χ4n) is 2.93. The highest BCUT2D eigenvalue weighted by Crippen LogP contribution is 2.47. The predicted octanol–water partition coefficient (Wildman–Crippen LogP) is 3.51. The molecule has 0 spiro atoms. The Labute approximate surface area is 153 Å². The van der Waals surface area contributed by atoms with E-state index in [9.17, 15) is 22.8 Å². The molecule has 27 heavy (non-hydrogen) atoms. The first-order valence-corrected chi connectivity index (χ1v) is 8.44. The minimum absolute atomic E-state index is 0.0126. The summed E-state index contributed by atoms with van der Waals surface area (Å²) in [6.45, 7) is 2.64. The first kappa shape index (κ1) is 18.9. The van der Waals surface area contributed by atoms with Gasteiger partial charge in [-0.2, -0.15) is 18.3 Å². The summed E-state index contributed by atoms with van der Waals surface area (Å²) in [5.41, 5.74) is -1.80. The number of hydrogen-bond donors (Lipinski definition) is 2. The Morgan fingerprint density at radius 1 is 1.26 bits per heavy atom. The average Bonchev–Trinajstić information content (AvgIpc) is 3.25. The number of amides is 1. The standard InChI is InChI=1S/C18H18F3N3O3/c1-2-17(7-8-17)10-22-15(25)11-3-5-12(6-4-11)24-14(18(19,20)21)13(9-23-24)16(26)27/h3-6,9H,2,7-8,10H2,1H3,(H,22,25)(H,26,27). The lowest BCUT2D eigenvalue weighted by molar-refractivity contribution is -0.143. The third kappa shape index (κ3) is 3.81. The Morgan fingerprint density at radius 3 is 2.37 bits per heavy atom. The van der Waals surface area contributed by atoms with Crippen molar-refractivity contribution in [1.82, 2.24) is 15.1 Å². The van der Waals surface area contributed by atoms with Crippen molar-refractivity contribution < 1.29 is 27.9 Å². The van der Waals surface area contributed by atoms with Crippen molar-refractivity contribution in [3.05, 3.63) is 47.3 Å². The predicted molar refractivity (Wildman–Crippen MR) is 89.8 cm³/mol. The molecule has 3 rings (SSSR count). The number of benzene rings is 1. The molecule has 1 amide bonds. The lowest BCUT2D eigenvalue weighted by Crippen LogP contribution is -2.29. The van der Waals surface area contributed by atoms with Gasteiger partial charge in [0.05, 0.1) is 11.9 Å². The quantitative estimate of drug-likeness (QED) is 0.802. The summed E-state index contributed by atoms with van der Waals surface area (Å²) in [6, 6.07) is 5.38.